The maximum Gasteiger partial charge on any atom is 0.323 e. The van der Waals surface area contributed by atoms with E-state index in [-0.39, 0.29) is 34.8 Å². The highest BCUT2D eigenvalue weighted by molar-refractivity contribution is 7.89. The monoisotopic (exact) mass is 769 g/mol. The Kier molecular flexibility index (Phi) is 15.1. The molecule has 0 radical (unpaired) electrons. The van der Waals surface area contributed by atoms with E-state index in [0.717, 1.165) is 5.56 Å². The van der Waals surface area contributed by atoms with Crippen LogP contribution in [0.3, 0.4) is 0 Å². The standard InChI is InChI=1S/C36H47N7O10S/c1-23-17-26(53-14-5-7-31(44)37-10-6-13-52-16-15-51-4)18-24(2)33(23)54(49,50)42-29(35(47)48)21-40-34(46)28-22-43(3)30-19-25(8-9-27(30)32(28)45)20-41-36-38-11-12-39-36/h8-9,11-12,17-19,22,29,42H,5-7,10,13-16,20-21H2,1-4H3,(H,37,44)(H,40,46)(H,47,48)(H2,38,39,41). The Balaban J connectivity index is 1.32. The fraction of sp³-hybridized carbons (Fsp3) is 0.417. The van der Waals surface area contributed by atoms with Crippen molar-refractivity contribution in [1.29, 1.82) is 0 Å². The van der Waals surface area contributed by atoms with Gasteiger partial charge in [-0.1, -0.05) is 6.07 Å². The van der Waals surface area contributed by atoms with Crippen molar-refractivity contribution in [2.24, 2.45) is 7.05 Å². The van der Waals surface area contributed by atoms with Crippen molar-refractivity contribution in [3.8, 4) is 5.75 Å². The van der Waals surface area contributed by atoms with Crippen LogP contribution in [0.5, 0.6) is 5.75 Å². The minimum atomic E-state index is -4.40. The number of carbonyl (C=O) groups is 3. The van der Waals surface area contributed by atoms with Crippen LogP contribution in [0.25, 0.3) is 10.9 Å². The average molecular weight is 770 g/mol. The summed E-state index contributed by atoms with van der Waals surface area (Å²) in [5, 5.41) is 18.5. The summed E-state index contributed by atoms with van der Waals surface area (Å²) in [5.74, 6) is -1.54. The number of imidazole rings is 1. The van der Waals surface area contributed by atoms with Crippen LogP contribution in [0.2, 0.25) is 0 Å². The lowest BCUT2D eigenvalue weighted by Gasteiger charge is -2.19. The number of aliphatic carboxylic acids is 1. The number of carboxylic acids is 1. The second-order valence-electron chi connectivity index (χ2n) is 12.5. The van der Waals surface area contributed by atoms with Gasteiger partial charge in [-0.2, -0.15) is 4.72 Å². The second kappa shape index (κ2) is 19.7. The highest BCUT2D eigenvalue weighted by Gasteiger charge is 2.29. The van der Waals surface area contributed by atoms with Crippen LogP contribution >= 0.6 is 0 Å². The third kappa shape index (κ3) is 11.6. The van der Waals surface area contributed by atoms with Gasteiger partial charge >= 0.3 is 5.97 Å². The summed E-state index contributed by atoms with van der Waals surface area (Å²) in [6.07, 6.45) is 6.00. The SMILES string of the molecule is COCCOCCCNC(=O)CCCOc1cc(C)c(S(=O)(=O)NC(CNC(=O)c2cn(C)c3cc(CNc4ncc[nH]4)ccc3c2=O)C(=O)O)c(C)c1. The molecule has 1 unspecified atom stereocenters. The molecular weight excluding hydrogens is 723 g/mol. The van der Waals surface area contributed by atoms with E-state index in [4.69, 9.17) is 14.2 Å². The smallest absolute Gasteiger partial charge is 0.323 e. The first-order valence-corrected chi connectivity index (χ1v) is 18.7. The summed E-state index contributed by atoms with van der Waals surface area (Å²) in [6.45, 7) is 5.12. The Morgan fingerprint density at radius 1 is 1.02 bits per heavy atom. The molecule has 1 atom stereocenters. The fourth-order valence-electron chi connectivity index (χ4n) is 5.64. The number of ether oxygens (including phenoxy) is 3. The Labute approximate surface area is 312 Å². The number of pyridine rings is 1. The number of nitrogens with one attached hydrogen (secondary N) is 5. The van der Waals surface area contributed by atoms with Gasteiger partial charge in [-0.3, -0.25) is 19.2 Å². The number of nitrogens with zero attached hydrogens (tertiary/aromatic N) is 2. The van der Waals surface area contributed by atoms with Crippen LogP contribution in [0.1, 0.15) is 46.3 Å². The number of hydrogen-bond donors (Lipinski definition) is 6. The van der Waals surface area contributed by atoms with Crippen LogP contribution in [0.4, 0.5) is 5.95 Å². The van der Waals surface area contributed by atoms with E-state index in [0.29, 0.717) is 74.1 Å². The van der Waals surface area contributed by atoms with Crippen LogP contribution in [-0.4, -0.2) is 98.5 Å². The lowest BCUT2D eigenvalue weighted by atomic mass is 10.1. The Hall–Kier alpha value is -5.30. The second-order valence-corrected chi connectivity index (χ2v) is 14.1. The topological polar surface area (TPSA) is 232 Å². The summed E-state index contributed by atoms with van der Waals surface area (Å²) < 4.78 is 46.7. The number of aromatic amines is 1. The molecule has 2 amide bonds. The van der Waals surface area contributed by atoms with Crippen molar-refractivity contribution in [1.82, 2.24) is 29.9 Å². The molecule has 292 valence electrons. The third-order valence-electron chi connectivity index (χ3n) is 8.26. The van der Waals surface area contributed by atoms with Crippen molar-refractivity contribution in [3.63, 3.8) is 0 Å². The first-order chi connectivity index (χ1) is 25.8. The zero-order valence-corrected chi connectivity index (χ0v) is 31.5. The number of aryl methyl sites for hydroxylation is 3. The predicted molar refractivity (Wildman–Crippen MR) is 200 cm³/mol. The number of H-pyrrole nitrogens is 1. The Morgan fingerprint density at radius 3 is 2.46 bits per heavy atom. The number of amides is 2. The minimum absolute atomic E-state index is 0.121. The number of carboxylic acid groups (broad SMARTS) is 1. The number of anilines is 1. The number of benzene rings is 2. The molecular formula is C36H47N7O10S. The number of aromatic nitrogens is 3. The fourth-order valence-corrected chi connectivity index (χ4v) is 7.28. The van der Waals surface area contributed by atoms with Crippen molar-refractivity contribution in [2.75, 3.05) is 51.9 Å². The molecule has 4 rings (SSSR count). The molecule has 0 aliphatic carbocycles. The van der Waals surface area contributed by atoms with Gasteiger partial charge in [0.1, 0.15) is 17.4 Å². The normalized spacial score (nSPS) is 12.0. The molecule has 18 heteroatoms. The van der Waals surface area contributed by atoms with Gasteiger partial charge in [0.2, 0.25) is 21.4 Å². The van der Waals surface area contributed by atoms with Gasteiger partial charge in [0, 0.05) is 70.8 Å². The first kappa shape index (κ1) is 41.5. The quantitative estimate of drug-likeness (QED) is 0.0631. The van der Waals surface area contributed by atoms with Crippen LogP contribution in [-0.2, 0) is 42.7 Å². The molecule has 0 bridgehead atoms. The van der Waals surface area contributed by atoms with E-state index in [1.807, 2.05) is 0 Å². The number of methoxy groups -OCH3 is 1. The van der Waals surface area contributed by atoms with Crippen molar-refractivity contribution in [2.45, 2.75) is 50.6 Å². The maximum atomic E-state index is 13.5. The highest BCUT2D eigenvalue weighted by Crippen LogP contribution is 2.26. The first-order valence-electron chi connectivity index (χ1n) is 17.3. The number of fused-ring (bicyclic) bond motifs is 1. The lowest BCUT2D eigenvalue weighted by Crippen LogP contribution is -2.49. The van der Waals surface area contributed by atoms with Gasteiger partial charge in [0.25, 0.3) is 5.91 Å². The molecule has 2 aromatic heterocycles. The molecule has 0 aliphatic heterocycles. The van der Waals surface area contributed by atoms with Crippen LogP contribution in [0, 0.1) is 13.8 Å². The lowest BCUT2D eigenvalue weighted by molar-refractivity contribution is -0.138. The van der Waals surface area contributed by atoms with E-state index in [9.17, 15) is 32.7 Å². The number of carbonyl (C=O) groups excluding carboxylic acids is 2. The molecule has 4 aromatic rings. The van der Waals surface area contributed by atoms with Crippen molar-refractivity contribution < 1.29 is 42.1 Å². The molecule has 6 N–H and O–H groups in total. The molecule has 2 aromatic carbocycles. The molecule has 54 heavy (non-hydrogen) atoms. The van der Waals surface area contributed by atoms with Crippen LogP contribution < -0.4 is 30.8 Å². The molecule has 0 fully saturated rings. The number of rotatable bonds is 22. The van der Waals surface area contributed by atoms with E-state index >= 15 is 0 Å². The minimum Gasteiger partial charge on any atom is -0.494 e. The molecule has 0 aliphatic rings. The molecule has 0 spiro atoms. The Bertz CT molecular complexity index is 2060. The molecule has 2 heterocycles. The van der Waals surface area contributed by atoms with E-state index < -0.39 is 39.9 Å². The average Bonchev–Trinajstić information content (AvgIpc) is 3.65. The van der Waals surface area contributed by atoms with Crippen LogP contribution in [0.15, 0.2) is 58.6 Å². The van der Waals surface area contributed by atoms with Crippen molar-refractivity contribution in [3.05, 3.63) is 81.4 Å². The summed E-state index contributed by atoms with van der Waals surface area (Å²) in [4.78, 5) is 57.6. The van der Waals surface area contributed by atoms with Gasteiger partial charge in [0.05, 0.1) is 30.2 Å². The van der Waals surface area contributed by atoms with E-state index in [1.165, 1.54) is 18.3 Å². The zero-order chi connectivity index (χ0) is 39.3. The Morgan fingerprint density at radius 2 is 1.78 bits per heavy atom. The molecule has 0 saturated carbocycles. The third-order valence-corrected chi connectivity index (χ3v) is 10.0. The summed E-state index contributed by atoms with van der Waals surface area (Å²) in [6, 6.07) is 6.42. The summed E-state index contributed by atoms with van der Waals surface area (Å²) in [7, 11) is -1.13. The van der Waals surface area contributed by atoms with Gasteiger partial charge < -0.3 is 44.8 Å². The molecule has 17 nitrogen and oxygen atoms in total. The predicted octanol–water partition coefficient (Wildman–Crippen LogP) is 1.98. The zero-order valence-electron chi connectivity index (χ0n) is 30.7. The van der Waals surface area contributed by atoms with Gasteiger partial charge in [-0.15, -0.1) is 0 Å². The van der Waals surface area contributed by atoms with Crippen molar-refractivity contribution >= 4 is 44.7 Å². The summed E-state index contributed by atoms with van der Waals surface area (Å²) >= 11 is 0. The van der Waals surface area contributed by atoms with E-state index in [1.54, 1.807) is 63.2 Å². The van der Waals surface area contributed by atoms with Gasteiger partial charge in [0.15, 0.2) is 5.95 Å². The largest absolute Gasteiger partial charge is 0.494 e. The number of hydrogen-bond acceptors (Lipinski definition) is 11. The van der Waals surface area contributed by atoms with E-state index in [2.05, 4.69) is 30.6 Å². The van der Waals surface area contributed by atoms with Gasteiger partial charge in [-0.05, 0) is 67.6 Å². The highest BCUT2D eigenvalue weighted by atomic mass is 32.2. The maximum absolute atomic E-state index is 13.5. The summed E-state index contributed by atoms with van der Waals surface area (Å²) in [5.41, 5.74) is 1.24. The molecule has 0 saturated heterocycles. The van der Waals surface area contributed by atoms with Gasteiger partial charge in [-0.25, -0.2) is 13.4 Å². The number of sulfonamides is 1.